The molecule has 1 heterocycles. The van der Waals surface area contributed by atoms with Gasteiger partial charge in [-0.05, 0) is 17.5 Å². The Morgan fingerprint density at radius 1 is 1.28 bits per heavy atom. The average molecular weight is 246 g/mol. The average Bonchev–Trinajstić information content (AvgIpc) is 2.71. The van der Waals surface area contributed by atoms with E-state index in [1.54, 1.807) is 7.11 Å². The normalized spacial score (nSPS) is 11.6. The van der Waals surface area contributed by atoms with Crippen LogP contribution in [0.3, 0.4) is 0 Å². The van der Waals surface area contributed by atoms with Gasteiger partial charge in [0.05, 0.1) is 6.61 Å². The number of fused-ring (bicyclic) bond motifs is 1. The third-order valence-corrected chi connectivity index (χ3v) is 3.11. The molecule has 0 amide bonds. The molecule has 0 spiro atoms. The maximum atomic E-state index is 5.20. The highest BCUT2D eigenvalue weighted by atomic mass is 16.5. The molecule has 18 heavy (non-hydrogen) atoms. The van der Waals surface area contributed by atoms with Crippen molar-refractivity contribution in [2.45, 2.75) is 33.0 Å². The second-order valence-electron chi connectivity index (χ2n) is 4.87. The SMILES string of the molecule is COCCn1c(CNC(C)C)cc2ccccc21. The Bertz CT molecular complexity index is 502. The van der Waals surface area contributed by atoms with E-state index in [4.69, 9.17) is 4.74 Å². The minimum Gasteiger partial charge on any atom is -0.383 e. The van der Waals surface area contributed by atoms with Crippen LogP contribution in [-0.4, -0.2) is 24.3 Å². The number of rotatable bonds is 6. The zero-order valence-electron chi connectivity index (χ0n) is 11.4. The minimum absolute atomic E-state index is 0.499. The van der Waals surface area contributed by atoms with E-state index in [2.05, 4.69) is 54.1 Å². The Hall–Kier alpha value is -1.32. The van der Waals surface area contributed by atoms with Gasteiger partial charge in [0, 0.05) is 37.5 Å². The van der Waals surface area contributed by atoms with Crippen LogP contribution >= 0.6 is 0 Å². The van der Waals surface area contributed by atoms with Gasteiger partial charge in [0.2, 0.25) is 0 Å². The maximum absolute atomic E-state index is 5.20. The number of methoxy groups -OCH3 is 1. The standard InChI is InChI=1S/C15H22N2O/c1-12(2)16-11-14-10-13-6-4-5-7-15(13)17(14)8-9-18-3/h4-7,10,12,16H,8-9,11H2,1-3H3. The molecule has 0 bridgehead atoms. The maximum Gasteiger partial charge on any atom is 0.0642 e. The summed E-state index contributed by atoms with van der Waals surface area (Å²) in [6.07, 6.45) is 0. The van der Waals surface area contributed by atoms with Crippen LogP contribution in [0, 0.1) is 0 Å². The molecule has 0 aliphatic heterocycles. The van der Waals surface area contributed by atoms with E-state index in [1.807, 2.05) is 0 Å². The van der Waals surface area contributed by atoms with E-state index in [-0.39, 0.29) is 0 Å². The van der Waals surface area contributed by atoms with Gasteiger partial charge in [0.25, 0.3) is 0 Å². The number of para-hydroxylation sites is 1. The summed E-state index contributed by atoms with van der Waals surface area (Å²) in [6.45, 7) is 6.88. The lowest BCUT2D eigenvalue weighted by atomic mass is 10.2. The third kappa shape index (κ3) is 2.92. The summed E-state index contributed by atoms with van der Waals surface area (Å²) in [7, 11) is 1.75. The first-order valence-corrected chi connectivity index (χ1v) is 6.52. The number of aromatic nitrogens is 1. The van der Waals surface area contributed by atoms with Gasteiger partial charge in [0.15, 0.2) is 0 Å². The molecule has 0 aliphatic carbocycles. The predicted octanol–water partition coefficient (Wildman–Crippen LogP) is 2.79. The van der Waals surface area contributed by atoms with Crippen LogP contribution in [0.5, 0.6) is 0 Å². The van der Waals surface area contributed by atoms with E-state index >= 15 is 0 Å². The van der Waals surface area contributed by atoms with Gasteiger partial charge in [-0.3, -0.25) is 0 Å². The lowest BCUT2D eigenvalue weighted by molar-refractivity contribution is 0.187. The Morgan fingerprint density at radius 3 is 2.78 bits per heavy atom. The molecule has 1 aromatic carbocycles. The molecular formula is C15H22N2O. The number of benzene rings is 1. The zero-order chi connectivity index (χ0) is 13.0. The van der Waals surface area contributed by atoms with Crippen LogP contribution in [0.1, 0.15) is 19.5 Å². The Balaban J connectivity index is 2.30. The lowest BCUT2D eigenvalue weighted by Crippen LogP contribution is -2.23. The first-order valence-electron chi connectivity index (χ1n) is 6.52. The number of nitrogens with one attached hydrogen (secondary N) is 1. The van der Waals surface area contributed by atoms with Gasteiger partial charge in [-0.15, -0.1) is 0 Å². The van der Waals surface area contributed by atoms with Gasteiger partial charge in [-0.1, -0.05) is 32.0 Å². The molecule has 1 N–H and O–H groups in total. The monoisotopic (exact) mass is 246 g/mol. The van der Waals surface area contributed by atoms with Gasteiger partial charge < -0.3 is 14.6 Å². The molecule has 0 atom stereocenters. The summed E-state index contributed by atoms with van der Waals surface area (Å²) >= 11 is 0. The Labute approximate surface area is 109 Å². The summed E-state index contributed by atoms with van der Waals surface area (Å²) in [5.74, 6) is 0. The van der Waals surface area contributed by atoms with Crippen molar-refractivity contribution in [2.24, 2.45) is 0 Å². The zero-order valence-corrected chi connectivity index (χ0v) is 11.4. The molecule has 0 saturated carbocycles. The summed E-state index contributed by atoms with van der Waals surface area (Å²) in [4.78, 5) is 0. The van der Waals surface area contributed by atoms with E-state index in [9.17, 15) is 0 Å². The molecule has 2 aromatic rings. The number of hydrogen-bond acceptors (Lipinski definition) is 2. The van der Waals surface area contributed by atoms with Crippen molar-refractivity contribution in [2.75, 3.05) is 13.7 Å². The molecule has 0 radical (unpaired) electrons. The summed E-state index contributed by atoms with van der Waals surface area (Å²) in [6, 6.07) is 11.3. The van der Waals surface area contributed by atoms with Gasteiger partial charge in [-0.25, -0.2) is 0 Å². The molecule has 0 aliphatic rings. The van der Waals surface area contributed by atoms with Crippen molar-refractivity contribution >= 4 is 10.9 Å². The highest BCUT2D eigenvalue weighted by Crippen LogP contribution is 2.19. The van der Waals surface area contributed by atoms with Crippen LogP contribution in [0.25, 0.3) is 10.9 Å². The predicted molar refractivity (Wildman–Crippen MR) is 75.8 cm³/mol. The fourth-order valence-corrected chi connectivity index (χ4v) is 2.17. The first-order chi connectivity index (χ1) is 8.72. The van der Waals surface area contributed by atoms with Crippen molar-refractivity contribution in [3.63, 3.8) is 0 Å². The van der Waals surface area contributed by atoms with Crippen molar-refractivity contribution in [3.05, 3.63) is 36.0 Å². The number of nitrogens with zero attached hydrogens (tertiary/aromatic N) is 1. The quantitative estimate of drug-likeness (QED) is 0.848. The molecule has 0 saturated heterocycles. The molecule has 3 heteroatoms. The van der Waals surface area contributed by atoms with Crippen molar-refractivity contribution in [3.8, 4) is 0 Å². The van der Waals surface area contributed by atoms with E-state index in [1.165, 1.54) is 16.6 Å². The van der Waals surface area contributed by atoms with Gasteiger partial charge in [-0.2, -0.15) is 0 Å². The molecule has 0 fully saturated rings. The topological polar surface area (TPSA) is 26.2 Å². The highest BCUT2D eigenvalue weighted by Gasteiger charge is 2.08. The number of ether oxygens (including phenoxy) is 1. The van der Waals surface area contributed by atoms with Crippen molar-refractivity contribution in [1.82, 2.24) is 9.88 Å². The van der Waals surface area contributed by atoms with E-state index < -0.39 is 0 Å². The summed E-state index contributed by atoms with van der Waals surface area (Å²) < 4.78 is 7.54. The fourth-order valence-electron chi connectivity index (χ4n) is 2.17. The van der Waals surface area contributed by atoms with Crippen molar-refractivity contribution < 1.29 is 4.74 Å². The molecule has 98 valence electrons. The van der Waals surface area contributed by atoms with Crippen LogP contribution < -0.4 is 5.32 Å². The minimum atomic E-state index is 0.499. The first kappa shape index (κ1) is 13.1. The Morgan fingerprint density at radius 2 is 2.06 bits per heavy atom. The molecule has 0 unspecified atom stereocenters. The van der Waals surface area contributed by atoms with Crippen molar-refractivity contribution in [1.29, 1.82) is 0 Å². The van der Waals surface area contributed by atoms with Gasteiger partial charge in [0.1, 0.15) is 0 Å². The van der Waals surface area contributed by atoms with Crippen LogP contribution in [0.15, 0.2) is 30.3 Å². The smallest absolute Gasteiger partial charge is 0.0642 e. The molecule has 2 rings (SSSR count). The second kappa shape index (κ2) is 6.03. The molecular weight excluding hydrogens is 224 g/mol. The Kier molecular flexibility index (Phi) is 4.39. The molecule has 1 aromatic heterocycles. The summed E-state index contributed by atoms with van der Waals surface area (Å²) in [5, 5.41) is 4.78. The van der Waals surface area contributed by atoms with Gasteiger partial charge >= 0.3 is 0 Å². The second-order valence-corrected chi connectivity index (χ2v) is 4.87. The molecule has 3 nitrogen and oxygen atoms in total. The lowest BCUT2D eigenvalue weighted by Gasteiger charge is -2.12. The van der Waals surface area contributed by atoms with Crippen LogP contribution in [0.4, 0.5) is 0 Å². The van der Waals surface area contributed by atoms with Crippen LogP contribution in [-0.2, 0) is 17.8 Å². The fraction of sp³-hybridized carbons (Fsp3) is 0.467. The van der Waals surface area contributed by atoms with E-state index in [0.717, 1.165) is 19.7 Å². The number of hydrogen-bond donors (Lipinski definition) is 1. The summed E-state index contributed by atoms with van der Waals surface area (Å²) in [5.41, 5.74) is 2.61. The highest BCUT2D eigenvalue weighted by molar-refractivity contribution is 5.81. The van der Waals surface area contributed by atoms with E-state index in [0.29, 0.717) is 6.04 Å². The largest absolute Gasteiger partial charge is 0.383 e. The van der Waals surface area contributed by atoms with Crippen LogP contribution in [0.2, 0.25) is 0 Å². The third-order valence-electron chi connectivity index (χ3n) is 3.11.